The first-order valence-electron chi connectivity index (χ1n) is 10.8. The van der Waals surface area contributed by atoms with E-state index in [1.807, 2.05) is 24.3 Å². The molecule has 1 fully saturated rings. The van der Waals surface area contributed by atoms with Gasteiger partial charge in [-0.25, -0.2) is 9.69 Å². The van der Waals surface area contributed by atoms with Crippen molar-refractivity contribution in [3.05, 3.63) is 99.6 Å². The third kappa shape index (κ3) is 2.21. The van der Waals surface area contributed by atoms with E-state index in [0.29, 0.717) is 0 Å². The number of rotatable bonds is 2. The molecule has 0 spiro atoms. The molecule has 0 radical (unpaired) electrons. The van der Waals surface area contributed by atoms with Gasteiger partial charge in [0.15, 0.2) is 0 Å². The lowest BCUT2D eigenvalue weighted by Gasteiger charge is -2.57. The molecule has 0 aromatic heterocycles. The standard InChI is InChI=1S/C27H20ClNO4/c1-26-16-7-3-5-9-18(16)27(2,19-10-6-4-8-17(19)26)22-21(26)23(30)29(24(22)31)14-11-12-20(28)15(13-14)25(32)33/h3-13,21-22H,1-2H3,(H,32,33)/t21-,22-,26?,27?/m0/s1. The lowest BCUT2D eigenvalue weighted by atomic mass is 9.42. The topological polar surface area (TPSA) is 74.7 Å². The van der Waals surface area contributed by atoms with Crippen molar-refractivity contribution in [3.8, 4) is 0 Å². The summed E-state index contributed by atoms with van der Waals surface area (Å²) in [6.45, 7) is 4.11. The fourth-order valence-corrected chi connectivity index (χ4v) is 6.84. The monoisotopic (exact) mass is 457 g/mol. The van der Waals surface area contributed by atoms with Crippen LogP contribution in [0, 0.1) is 11.8 Å². The summed E-state index contributed by atoms with van der Waals surface area (Å²) in [7, 11) is 0. The number of hydrogen-bond acceptors (Lipinski definition) is 3. The second-order valence-corrected chi connectivity index (χ2v) is 9.84. The van der Waals surface area contributed by atoms with E-state index in [-0.39, 0.29) is 28.1 Å². The van der Waals surface area contributed by atoms with Gasteiger partial charge in [-0.3, -0.25) is 9.59 Å². The highest BCUT2D eigenvalue weighted by atomic mass is 35.5. The maximum Gasteiger partial charge on any atom is 0.337 e. The minimum atomic E-state index is -1.21. The highest BCUT2D eigenvalue weighted by Gasteiger charge is 2.70. The molecule has 164 valence electrons. The molecular formula is C27H20ClNO4. The summed E-state index contributed by atoms with van der Waals surface area (Å²) in [4.78, 5) is 40.8. The predicted octanol–water partition coefficient (Wildman–Crippen LogP) is 4.78. The van der Waals surface area contributed by atoms with Crippen LogP contribution in [0.5, 0.6) is 0 Å². The Bertz CT molecular complexity index is 1290. The zero-order chi connectivity index (χ0) is 23.3. The van der Waals surface area contributed by atoms with Crippen LogP contribution in [0.25, 0.3) is 0 Å². The molecule has 3 aromatic carbocycles. The number of imide groups is 1. The van der Waals surface area contributed by atoms with E-state index in [1.54, 1.807) is 0 Å². The zero-order valence-corrected chi connectivity index (χ0v) is 18.8. The second kappa shape index (κ2) is 6.33. The highest BCUT2D eigenvalue weighted by molar-refractivity contribution is 6.34. The van der Waals surface area contributed by atoms with E-state index < -0.39 is 28.6 Å². The molecule has 6 heteroatoms. The van der Waals surface area contributed by atoms with E-state index in [0.717, 1.165) is 22.3 Å². The van der Waals surface area contributed by atoms with Gasteiger partial charge in [0.05, 0.1) is 28.1 Å². The van der Waals surface area contributed by atoms with Gasteiger partial charge in [0, 0.05) is 10.8 Å². The highest BCUT2D eigenvalue weighted by Crippen LogP contribution is 2.66. The maximum atomic E-state index is 14.0. The second-order valence-electron chi connectivity index (χ2n) is 9.43. The minimum Gasteiger partial charge on any atom is -0.478 e. The molecule has 7 rings (SSSR count). The van der Waals surface area contributed by atoms with Crippen molar-refractivity contribution >= 4 is 35.1 Å². The van der Waals surface area contributed by atoms with E-state index in [2.05, 4.69) is 38.1 Å². The molecule has 2 amide bonds. The Kier molecular flexibility index (Phi) is 3.87. The molecule has 3 aliphatic carbocycles. The summed E-state index contributed by atoms with van der Waals surface area (Å²) >= 11 is 6.05. The van der Waals surface area contributed by atoms with Crippen LogP contribution >= 0.6 is 11.6 Å². The van der Waals surface area contributed by atoms with Gasteiger partial charge in [-0.15, -0.1) is 0 Å². The lowest BCUT2D eigenvalue weighted by Crippen LogP contribution is -2.59. The van der Waals surface area contributed by atoms with Crippen molar-refractivity contribution in [2.45, 2.75) is 24.7 Å². The van der Waals surface area contributed by atoms with Crippen molar-refractivity contribution in [1.29, 1.82) is 0 Å². The predicted molar refractivity (Wildman–Crippen MR) is 124 cm³/mol. The summed E-state index contributed by atoms with van der Waals surface area (Å²) in [5.41, 5.74) is 3.00. The molecular weight excluding hydrogens is 438 g/mol. The number of amides is 2. The lowest BCUT2D eigenvalue weighted by molar-refractivity contribution is -0.124. The van der Waals surface area contributed by atoms with E-state index in [1.165, 1.54) is 23.1 Å². The Hall–Kier alpha value is -3.44. The van der Waals surface area contributed by atoms with Gasteiger partial charge >= 0.3 is 5.97 Å². The fourth-order valence-electron chi connectivity index (χ4n) is 6.64. The van der Waals surface area contributed by atoms with Crippen molar-refractivity contribution in [1.82, 2.24) is 0 Å². The summed E-state index contributed by atoms with van der Waals surface area (Å²) < 4.78 is 0. The molecule has 33 heavy (non-hydrogen) atoms. The number of aromatic carboxylic acids is 1. The molecule has 4 aliphatic rings. The normalized spacial score (nSPS) is 29.0. The van der Waals surface area contributed by atoms with Gasteiger partial charge in [0.1, 0.15) is 0 Å². The van der Waals surface area contributed by atoms with Crippen molar-refractivity contribution in [2.24, 2.45) is 11.8 Å². The molecule has 1 N–H and O–H groups in total. The first-order chi connectivity index (χ1) is 15.7. The molecule has 1 saturated heterocycles. The van der Waals surface area contributed by atoms with Gasteiger partial charge < -0.3 is 5.11 Å². The molecule has 0 saturated carbocycles. The number of anilines is 1. The SMILES string of the molecule is CC12c3ccccc3C(C)(c3ccccc31)[C@@H]1C(=O)N(c3ccc(Cl)c(C(=O)O)c3)C(=O)[C@H]12. The zero-order valence-electron chi connectivity index (χ0n) is 18.0. The Balaban J connectivity index is 1.62. The number of nitrogens with zero attached hydrogens (tertiary/aromatic N) is 1. The van der Waals surface area contributed by atoms with Crippen LogP contribution in [0.1, 0.15) is 46.5 Å². The molecule has 1 heterocycles. The average Bonchev–Trinajstić information content (AvgIpc) is 3.09. The average molecular weight is 458 g/mol. The fraction of sp³-hybridized carbons (Fsp3) is 0.222. The van der Waals surface area contributed by atoms with Crippen molar-refractivity contribution < 1.29 is 19.5 Å². The smallest absolute Gasteiger partial charge is 0.337 e. The number of carbonyl (C=O) groups excluding carboxylic acids is 2. The number of carboxylic acid groups (broad SMARTS) is 1. The van der Waals surface area contributed by atoms with Gasteiger partial charge in [0.25, 0.3) is 0 Å². The Labute approximate surface area is 195 Å². The van der Waals surface area contributed by atoms with Gasteiger partial charge in [-0.1, -0.05) is 74.0 Å². The number of hydrogen-bond donors (Lipinski definition) is 1. The van der Waals surface area contributed by atoms with E-state index >= 15 is 0 Å². The van der Waals surface area contributed by atoms with Crippen LogP contribution in [-0.4, -0.2) is 22.9 Å². The van der Waals surface area contributed by atoms with Crippen molar-refractivity contribution in [3.63, 3.8) is 0 Å². The minimum absolute atomic E-state index is 0.0570. The number of benzene rings is 3. The first kappa shape index (κ1) is 20.2. The molecule has 5 nitrogen and oxygen atoms in total. The molecule has 2 atom stereocenters. The summed E-state index contributed by atoms with van der Waals surface area (Å²) in [5, 5.41) is 9.57. The van der Waals surface area contributed by atoms with Gasteiger partial charge in [-0.05, 0) is 40.5 Å². The summed E-state index contributed by atoms with van der Waals surface area (Å²) in [5.74, 6) is -3.01. The maximum absolute atomic E-state index is 14.0. The van der Waals surface area contributed by atoms with Crippen LogP contribution in [0.2, 0.25) is 5.02 Å². The number of halogens is 1. The number of carbonyl (C=O) groups is 3. The largest absolute Gasteiger partial charge is 0.478 e. The molecule has 1 aliphatic heterocycles. The van der Waals surface area contributed by atoms with Gasteiger partial charge in [0.2, 0.25) is 11.8 Å². The van der Waals surface area contributed by atoms with Crippen LogP contribution in [0.15, 0.2) is 66.7 Å². The third-order valence-corrected chi connectivity index (χ3v) is 8.41. The van der Waals surface area contributed by atoms with Gasteiger partial charge in [-0.2, -0.15) is 0 Å². The van der Waals surface area contributed by atoms with Crippen molar-refractivity contribution in [2.75, 3.05) is 4.90 Å². The quantitative estimate of drug-likeness (QED) is 0.562. The molecule has 2 bridgehead atoms. The first-order valence-corrected chi connectivity index (χ1v) is 11.2. The van der Waals surface area contributed by atoms with Crippen LogP contribution < -0.4 is 4.90 Å². The summed E-state index contributed by atoms with van der Waals surface area (Å²) in [6.07, 6.45) is 0. The summed E-state index contributed by atoms with van der Waals surface area (Å²) in [6, 6.07) is 20.4. The Morgan fingerprint density at radius 3 is 1.64 bits per heavy atom. The van der Waals surface area contributed by atoms with Crippen LogP contribution in [0.4, 0.5) is 5.69 Å². The molecule has 3 aromatic rings. The van der Waals surface area contributed by atoms with E-state index in [9.17, 15) is 19.5 Å². The third-order valence-electron chi connectivity index (χ3n) is 8.08. The van der Waals surface area contributed by atoms with Crippen LogP contribution in [-0.2, 0) is 20.4 Å². The number of carboxylic acids is 1. The Morgan fingerprint density at radius 2 is 1.24 bits per heavy atom. The van der Waals surface area contributed by atoms with E-state index in [4.69, 9.17) is 11.6 Å². The Morgan fingerprint density at radius 1 is 0.818 bits per heavy atom. The molecule has 0 unspecified atom stereocenters. The van der Waals surface area contributed by atoms with Crippen LogP contribution in [0.3, 0.4) is 0 Å².